The first-order valence-electron chi connectivity index (χ1n) is 15.4. The minimum Gasteiger partial charge on any atom is -0.494 e. The van der Waals surface area contributed by atoms with Crippen LogP contribution >= 0.6 is 0 Å². The number of carbonyl (C=O) groups excluding carboxylic acids is 2. The SMILES string of the molecule is CNC(=O)COCCCOCCCCOCCCOc1ccc(Nc2ncc(F)c(NCCN(C)C(=O)C3CCC3)n2)cc1. The average Bonchev–Trinajstić information content (AvgIpc) is 3.00. The summed E-state index contributed by atoms with van der Waals surface area (Å²) in [4.78, 5) is 33.3. The van der Waals surface area contributed by atoms with E-state index in [0.29, 0.717) is 52.7 Å². The molecule has 0 radical (unpaired) electrons. The number of rotatable bonds is 23. The Morgan fingerprint density at radius 2 is 1.61 bits per heavy atom. The summed E-state index contributed by atoms with van der Waals surface area (Å²) in [7, 11) is 3.35. The number of nitrogens with one attached hydrogen (secondary N) is 3. The summed E-state index contributed by atoms with van der Waals surface area (Å²) < 4.78 is 36.5. The lowest BCUT2D eigenvalue weighted by atomic mass is 9.84. The van der Waals surface area contributed by atoms with Gasteiger partial charge in [0.15, 0.2) is 11.6 Å². The van der Waals surface area contributed by atoms with Crippen LogP contribution in [0.3, 0.4) is 0 Å². The zero-order valence-corrected chi connectivity index (χ0v) is 25.9. The van der Waals surface area contributed by atoms with Gasteiger partial charge in [-0.15, -0.1) is 0 Å². The normalized spacial score (nSPS) is 12.8. The van der Waals surface area contributed by atoms with Gasteiger partial charge in [0.05, 0.1) is 12.8 Å². The van der Waals surface area contributed by atoms with Gasteiger partial charge in [0.25, 0.3) is 0 Å². The van der Waals surface area contributed by atoms with Crippen LogP contribution in [-0.2, 0) is 23.8 Å². The number of ether oxygens (including phenoxy) is 4. The van der Waals surface area contributed by atoms with Gasteiger partial charge in [-0.25, -0.2) is 9.37 Å². The van der Waals surface area contributed by atoms with Gasteiger partial charge in [0.2, 0.25) is 17.8 Å². The molecule has 1 aliphatic rings. The summed E-state index contributed by atoms with van der Waals surface area (Å²) >= 11 is 0. The molecule has 1 heterocycles. The number of anilines is 3. The van der Waals surface area contributed by atoms with E-state index in [1.165, 1.54) is 0 Å². The Hall–Kier alpha value is -3.55. The highest BCUT2D eigenvalue weighted by atomic mass is 19.1. The van der Waals surface area contributed by atoms with E-state index in [-0.39, 0.29) is 36.1 Å². The number of aromatic nitrogens is 2. The van der Waals surface area contributed by atoms with Crippen molar-refractivity contribution in [2.24, 2.45) is 5.92 Å². The second-order valence-electron chi connectivity index (χ2n) is 10.6. The fourth-order valence-electron chi connectivity index (χ4n) is 4.20. The molecule has 44 heavy (non-hydrogen) atoms. The standard InChI is InChI=1S/C31H47FN6O6/c1-33-28(39)23-43-20-6-18-41-16-3-4-17-42-19-7-21-44-26-12-10-25(11-13-26)36-31-35-22-27(32)29(37-31)34-14-15-38(2)30(40)24-8-5-9-24/h10-13,22,24H,3-9,14-21,23H2,1-2H3,(H,33,39)(H2,34,35,36,37). The first-order valence-corrected chi connectivity index (χ1v) is 15.4. The van der Waals surface area contributed by atoms with Crippen molar-refractivity contribution in [1.29, 1.82) is 0 Å². The Bertz CT molecular complexity index is 1120. The maximum Gasteiger partial charge on any atom is 0.245 e. The summed E-state index contributed by atoms with van der Waals surface area (Å²) in [6.45, 7) is 4.57. The number of halogens is 1. The number of nitrogens with zero attached hydrogens (tertiary/aromatic N) is 3. The first-order chi connectivity index (χ1) is 21.5. The van der Waals surface area contributed by atoms with Gasteiger partial charge in [-0.2, -0.15) is 4.98 Å². The van der Waals surface area contributed by atoms with Crippen LogP contribution in [0, 0.1) is 11.7 Å². The molecule has 1 aromatic heterocycles. The average molecular weight is 619 g/mol. The third kappa shape index (κ3) is 13.4. The lowest BCUT2D eigenvalue weighted by Crippen LogP contribution is -2.38. The third-order valence-corrected chi connectivity index (χ3v) is 7.04. The van der Waals surface area contributed by atoms with E-state index < -0.39 is 5.82 Å². The lowest BCUT2D eigenvalue weighted by molar-refractivity contribution is -0.136. The van der Waals surface area contributed by atoms with Crippen LogP contribution in [0.5, 0.6) is 5.75 Å². The van der Waals surface area contributed by atoms with Crippen molar-refractivity contribution in [2.45, 2.75) is 44.9 Å². The molecule has 0 bridgehead atoms. The van der Waals surface area contributed by atoms with Crippen LogP contribution in [0.1, 0.15) is 44.9 Å². The van der Waals surface area contributed by atoms with Crippen LogP contribution < -0.4 is 20.7 Å². The van der Waals surface area contributed by atoms with Gasteiger partial charge >= 0.3 is 0 Å². The Morgan fingerprint density at radius 1 is 0.955 bits per heavy atom. The van der Waals surface area contributed by atoms with Crippen molar-refractivity contribution in [1.82, 2.24) is 20.2 Å². The van der Waals surface area contributed by atoms with Gasteiger partial charge in [0.1, 0.15) is 12.4 Å². The molecule has 1 aliphatic carbocycles. The first kappa shape index (κ1) is 34.9. The van der Waals surface area contributed by atoms with Crippen LogP contribution in [0.2, 0.25) is 0 Å². The van der Waals surface area contributed by atoms with Crippen molar-refractivity contribution in [3.8, 4) is 5.75 Å². The molecule has 3 N–H and O–H groups in total. The number of hydrogen-bond acceptors (Lipinski definition) is 10. The molecule has 12 nitrogen and oxygen atoms in total. The molecule has 0 unspecified atom stereocenters. The van der Waals surface area contributed by atoms with Crippen LogP contribution in [0.15, 0.2) is 30.5 Å². The van der Waals surface area contributed by atoms with Crippen molar-refractivity contribution in [3.05, 3.63) is 36.3 Å². The van der Waals surface area contributed by atoms with E-state index in [2.05, 4.69) is 25.9 Å². The number of amides is 2. The van der Waals surface area contributed by atoms with E-state index in [0.717, 1.165) is 62.6 Å². The molecule has 1 saturated carbocycles. The number of carbonyl (C=O) groups is 2. The number of likely N-dealkylation sites (N-methyl/N-ethyl adjacent to an activating group) is 2. The smallest absolute Gasteiger partial charge is 0.245 e. The van der Waals surface area contributed by atoms with Crippen molar-refractivity contribution >= 4 is 29.3 Å². The molecule has 2 amide bonds. The van der Waals surface area contributed by atoms with Gasteiger partial charge in [0, 0.05) is 78.2 Å². The highest BCUT2D eigenvalue weighted by molar-refractivity contribution is 5.79. The molecule has 1 aromatic carbocycles. The quantitative estimate of drug-likeness (QED) is 0.158. The molecule has 0 spiro atoms. The fourth-order valence-corrected chi connectivity index (χ4v) is 4.20. The molecule has 3 rings (SSSR count). The molecule has 1 fully saturated rings. The Balaban J connectivity index is 1.21. The lowest BCUT2D eigenvalue weighted by Gasteiger charge is -2.29. The second kappa shape index (κ2) is 20.4. The van der Waals surface area contributed by atoms with Crippen LogP contribution in [-0.4, -0.2) is 100 Å². The molecule has 244 valence electrons. The van der Waals surface area contributed by atoms with E-state index in [1.807, 2.05) is 24.3 Å². The van der Waals surface area contributed by atoms with Crippen LogP contribution in [0.25, 0.3) is 0 Å². The number of unbranched alkanes of at least 4 members (excludes halogenated alkanes) is 1. The second-order valence-corrected chi connectivity index (χ2v) is 10.6. The molecule has 2 aromatic rings. The van der Waals surface area contributed by atoms with Gasteiger partial charge in [-0.1, -0.05) is 6.42 Å². The molecular formula is C31H47FN6O6. The minimum atomic E-state index is -0.556. The molecule has 0 atom stereocenters. The highest BCUT2D eigenvalue weighted by Gasteiger charge is 2.27. The van der Waals surface area contributed by atoms with Gasteiger partial charge in [-0.3, -0.25) is 9.59 Å². The summed E-state index contributed by atoms with van der Waals surface area (Å²) in [6, 6.07) is 7.36. The van der Waals surface area contributed by atoms with Crippen molar-refractivity contribution < 1.29 is 32.9 Å². The Morgan fingerprint density at radius 3 is 2.27 bits per heavy atom. The Labute approximate surface area is 259 Å². The number of benzene rings is 1. The Kier molecular flexibility index (Phi) is 16.2. The van der Waals surface area contributed by atoms with E-state index in [1.54, 1.807) is 19.0 Å². The van der Waals surface area contributed by atoms with E-state index in [4.69, 9.17) is 18.9 Å². The van der Waals surface area contributed by atoms with Crippen molar-refractivity contribution in [2.75, 3.05) is 84.1 Å². The molecule has 0 saturated heterocycles. The van der Waals surface area contributed by atoms with Crippen LogP contribution in [0.4, 0.5) is 21.8 Å². The number of hydrogen-bond donors (Lipinski definition) is 3. The van der Waals surface area contributed by atoms with Crippen molar-refractivity contribution in [3.63, 3.8) is 0 Å². The fraction of sp³-hybridized carbons (Fsp3) is 0.613. The third-order valence-electron chi connectivity index (χ3n) is 7.04. The summed E-state index contributed by atoms with van der Waals surface area (Å²) in [5.41, 5.74) is 0.738. The zero-order valence-electron chi connectivity index (χ0n) is 25.9. The molecule has 0 aliphatic heterocycles. The zero-order chi connectivity index (χ0) is 31.4. The predicted octanol–water partition coefficient (Wildman–Crippen LogP) is 3.76. The highest BCUT2D eigenvalue weighted by Crippen LogP contribution is 2.27. The summed E-state index contributed by atoms with van der Waals surface area (Å²) in [5.74, 6) is 0.674. The summed E-state index contributed by atoms with van der Waals surface area (Å²) in [5, 5.41) is 8.54. The predicted molar refractivity (Wildman–Crippen MR) is 166 cm³/mol. The largest absolute Gasteiger partial charge is 0.494 e. The topological polar surface area (TPSA) is 136 Å². The molecular weight excluding hydrogens is 571 g/mol. The summed E-state index contributed by atoms with van der Waals surface area (Å²) in [6.07, 6.45) is 7.52. The minimum absolute atomic E-state index is 0.0836. The van der Waals surface area contributed by atoms with E-state index in [9.17, 15) is 14.0 Å². The molecule has 13 heteroatoms. The monoisotopic (exact) mass is 618 g/mol. The van der Waals surface area contributed by atoms with Gasteiger partial charge in [-0.05, 0) is 56.4 Å². The van der Waals surface area contributed by atoms with Gasteiger partial charge < -0.3 is 39.8 Å². The maximum absolute atomic E-state index is 14.2. The maximum atomic E-state index is 14.2. The van der Waals surface area contributed by atoms with E-state index >= 15 is 0 Å².